The van der Waals surface area contributed by atoms with E-state index in [9.17, 15) is 30.0 Å². The van der Waals surface area contributed by atoms with Gasteiger partial charge in [-0.25, -0.2) is 4.79 Å². The number of carboxylic acid groups (broad SMARTS) is 1. The summed E-state index contributed by atoms with van der Waals surface area (Å²) in [5, 5.41) is 29.9. The van der Waals surface area contributed by atoms with Gasteiger partial charge < -0.3 is 19.5 Å². The van der Waals surface area contributed by atoms with Crippen LogP contribution in [0.3, 0.4) is 0 Å². The van der Waals surface area contributed by atoms with E-state index in [4.69, 9.17) is 9.47 Å². The minimum absolute atomic E-state index is 0.294. The second kappa shape index (κ2) is 12.8. The molecule has 1 saturated carbocycles. The van der Waals surface area contributed by atoms with Crippen LogP contribution in [-0.4, -0.2) is 47.4 Å². The zero-order valence-corrected chi connectivity index (χ0v) is 25.5. The van der Waals surface area contributed by atoms with Crippen molar-refractivity contribution in [2.24, 2.45) is 11.8 Å². The number of ether oxygens (including phenoxy) is 2. The molecule has 1 amide bonds. The average Bonchev–Trinajstić information content (AvgIpc) is 3.37. The first-order valence-electron chi connectivity index (χ1n) is 15.0. The molecule has 9 heteroatoms. The molecule has 1 heterocycles. The summed E-state index contributed by atoms with van der Waals surface area (Å²) in [5.41, 5.74) is 0.280. The Kier molecular flexibility index (Phi) is 8.92. The molecule has 0 radical (unpaired) electrons. The third kappa shape index (κ3) is 5.51. The summed E-state index contributed by atoms with van der Waals surface area (Å²) in [6.07, 6.45) is 4.01. The van der Waals surface area contributed by atoms with Crippen molar-refractivity contribution >= 4 is 17.7 Å². The molecule has 230 valence electrons. The molecular formula is C36H35N3O6. The summed E-state index contributed by atoms with van der Waals surface area (Å²) in [4.78, 5) is 44.4. The highest BCUT2D eigenvalue weighted by Crippen LogP contribution is 2.58. The molecule has 1 saturated heterocycles. The summed E-state index contributed by atoms with van der Waals surface area (Å²) in [5.74, 6) is -3.53. The molecule has 0 spiro atoms. The topological polar surface area (TPSA) is 141 Å². The molecule has 2 fully saturated rings. The van der Waals surface area contributed by atoms with Crippen LogP contribution in [0.15, 0.2) is 66.7 Å². The maximum Gasteiger partial charge on any atom is 0.330 e. The number of aliphatic carboxylic acids is 1. The lowest BCUT2D eigenvalue weighted by Gasteiger charge is -2.40. The third-order valence-corrected chi connectivity index (χ3v) is 9.46. The number of benzene rings is 3. The molecule has 0 bridgehead atoms. The average molecular weight is 606 g/mol. The van der Waals surface area contributed by atoms with Crippen molar-refractivity contribution in [1.82, 2.24) is 4.90 Å². The third-order valence-electron chi connectivity index (χ3n) is 9.46. The molecule has 1 aliphatic heterocycles. The van der Waals surface area contributed by atoms with Crippen molar-refractivity contribution in [2.75, 3.05) is 14.2 Å². The molecule has 3 aromatic rings. The lowest BCUT2D eigenvalue weighted by molar-refractivity contribution is -0.160. The lowest BCUT2D eigenvalue weighted by atomic mass is 9.71. The summed E-state index contributed by atoms with van der Waals surface area (Å²) in [6.45, 7) is 1.53. The fourth-order valence-electron chi connectivity index (χ4n) is 7.17. The largest absolute Gasteiger partial charge is 0.493 e. The number of rotatable bonds is 8. The molecule has 3 aromatic carbocycles. The molecular weight excluding hydrogens is 570 g/mol. The summed E-state index contributed by atoms with van der Waals surface area (Å²) in [7, 11) is 2.97. The van der Waals surface area contributed by atoms with Crippen LogP contribution in [0.4, 0.5) is 0 Å². The molecule has 4 unspecified atom stereocenters. The number of nitriles is 2. The van der Waals surface area contributed by atoms with E-state index in [-0.39, 0.29) is 17.6 Å². The van der Waals surface area contributed by atoms with Crippen LogP contribution in [0.25, 0.3) is 0 Å². The number of carbonyl (C=O) groups is 3. The van der Waals surface area contributed by atoms with Gasteiger partial charge in [0.2, 0.25) is 5.91 Å². The monoisotopic (exact) mass is 605 g/mol. The van der Waals surface area contributed by atoms with E-state index in [0.717, 1.165) is 19.3 Å². The highest BCUT2D eigenvalue weighted by atomic mass is 16.5. The Hall–Kier alpha value is -5.15. The standard InChI is InChI=1S/C36H35N3O6/c1-36(35(42)43)31(27-17-18-28(44-2)29(19-27)45-3)30(33(40)25-15-11-23(21-38)12-16-25)32(24-13-9-22(20-37)10-14-24)39(36)34(41)26-7-5-4-6-8-26/h9-19,26,30-32H,4-8H2,1-3H3,(H,42,43). The van der Waals surface area contributed by atoms with Crippen LogP contribution in [0.5, 0.6) is 11.5 Å². The van der Waals surface area contributed by atoms with Crippen LogP contribution in [0, 0.1) is 34.5 Å². The minimum Gasteiger partial charge on any atom is -0.493 e. The lowest BCUT2D eigenvalue weighted by Crippen LogP contribution is -2.55. The summed E-state index contributed by atoms with van der Waals surface area (Å²) >= 11 is 0. The first-order chi connectivity index (χ1) is 21.7. The van der Waals surface area contributed by atoms with Crippen molar-refractivity contribution in [2.45, 2.75) is 56.5 Å². The number of carbonyl (C=O) groups excluding carboxylic acids is 2. The SMILES string of the molecule is COc1ccc(C2C(C(=O)c3ccc(C#N)cc3)C(c3ccc(C#N)cc3)N(C(=O)C3CCCCC3)C2(C)C(=O)O)cc1OC. The van der Waals surface area contributed by atoms with Crippen LogP contribution in [-0.2, 0) is 9.59 Å². The first-order valence-corrected chi connectivity index (χ1v) is 15.0. The van der Waals surface area contributed by atoms with E-state index >= 15 is 0 Å². The fraction of sp³-hybridized carbons (Fsp3) is 0.361. The first kappa shape index (κ1) is 31.3. The van der Waals surface area contributed by atoms with Crippen LogP contribution < -0.4 is 9.47 Å². The number of carboxylic acids is 1. The zero-order chi connectivity index (χ0) is 32.3. The summed E-state index contributed by atoms with van der Waals surface area (Å²) in [6, 6.07) is 21.1. The molecule has 9 nitrogen and oxygen atoms in total. The van der Waals surface area contributed by atoms with Gasteiger partial charge in [-0.1, -0.05) is 49.6 Å². The Balaban J connectivity index is 1.81. The van der Waals surface area contributed by atoms with Crippen LogP contribution >= 0.6 is 0 Å². The minimum atomic E-state index is -1.85. The molecule has 4 atom stereocenters. The Bertz CT molecular complexity index is 1680. The maximum absolute atomic E-state index is 14.7. The van der Waals surface area contributed by atoms with E-state index in [1.165, 1.54) is 26.0 Å². The van der Waals surface area contributed by atoms with Crippen molar-refractivity contribution in [3.05, 3.63) is 94.5 Å². The Morgan fingerprint density at radius 3 is 1.91 bits per heavy atom. The maximum atomic E-state index is 14.7. The molecule has 1 N–H and O–H groups in total. The second-order valence-corrected chi connectivity index (χ2v) is 11.8. The van der Waals surface area contributed by atoms with Gasteiger partial charge >= 0.3 is 5.97 Å². The Labute approximate surface area is 262 Å². The molecule has 0 aromatic heterocycles. The van der Waals surface area contributed by atoms with Gasteiger partial charge in [0.1, 0.15) is 5.54 Å². The van der Waals surface area contributed by atoms with Crippen molar-refractivity contribution in [3.8, 4) is 23.6 Å². The van der Waals surface area contributed by atoms with E-state index < -0.39 is 29.4 Å². The normalized spacial score (nSPS) is 23.0. The highest BCUT2D eigenvalue weighted by Gasteiger charge is 2.65. The van der Waals surface area contributed by atoms with Gasteiger partial charge in [-0.15, -0.1) is 0 Å². The van der Waals surface area contributed by atoms with Gasteiger partial charge in [-0.2, -0.15) is 10.5 Å². The smallest absolute Gasteiger partial charge is 0.330 e. The molecule has 1 aliphatic carbocycles. The predicted octanol–water partition coefficient (Wildman–Crippen LogP) is 6.04. The molecule has 45 heavy (non-hydrogen) atoms. The van der Waals surface area contributed by atoms with Crippen LogP contribution in [0.2, 0.25) is 0 Å². The quantitative estimate of drug-likeness (QED) is 0.307. The fourth-order valence-corrected chi connectivity index (χ4v) is 7.17. The van der Waals surface area contributed by atoms with Gasteiger partial charge in [-0.3, -0.25) is 9.59 Å². The van der Waals surface area contributed by atoms with Gasteiger partial charge in [0.05, 0.1) is 49.4 Å². The van der Waals surface area contributed by atoms with E-state index in [1.54, 1.807) is 66.7 Å². The van der Waals surface area contributed by atoms with Crippen LogP contribution in [0.1, 0.15) is 83.6 Å². The Morgan fingerprint density at radius 1 is 0.822 bits per heavy atom. The molecule has 5 rings (SSSR count). The molecule has 2 aliphatic rings. The number of Topliss-reactive ketones (excluding diaryl/α,β-unsaturated/α-hetero) is 1. The van der Waals surface area contributed by atoms with E-state index in [2.05, 4.69) is 12.1 Å². The Morgan fingerprint density at radius 2 is 1.38 bits per heavy atom. The van der Waals surface area contributed by atoms with E-state index in [0.29, 0.717) is 52.2 Å². The number of nitrogens with zero attached hydrogens (tertiary/aromatic N) is 3. The number of hydrogen-bond acceptors (Lipinski definition) is 7. The van der Waals surface area contributed by atoms with Crippen molar-refractivity contribution < 1.29 is 29.0 Å². The number of amides is 1. The number of methoxy groups -OCH3 is 2. The summed E-state index contributed by atoms with van der Waals surface area (Å²) < 4.78 is 11.0. The van der Waals surface area contributed by atoms with Crippen molar-refractivity contribution in [3.63, 3.8) is 0 Å². The van der Waals surface area contributed by atoms with Gasteiger partial charge in [0, 0.05) is 17.4 Å². The van der Waals surface area contributed by atoms with Crippen molar-refractivity contribution in [1.29, 1.82) is 10.5 Å². The number of hydrogen-bond donors (Lipinski definition) is 1. The predicted molar refractivity (Wildman–Crippen MR) is 165 cm³/mol. The highest BCUT2D eigenvalue weighted by molar-refractivity contribution is 6.02. The zero-order valence-electron chi connectivity index (χ0n) is 25.5. The van der Waals surface area contributed by atoms with Gasteiger partial charge in [-0.05, 0) is 67.3 Å². The van der Waals surface area contributed by atoms with E-state index in [1.807, 2.05) is 0 Å². The van der Waals surface area contributed by atoms with Gasteiger partial charge in [0.15, 0.2) is 17.3 Å². The van der Waals surface area contributed by atoms with Gasteiger partial charge in [0.25, 0.3) is 0 Å². The number of likely N-dealkylation sites (tertiary alicyclic amines) is 1. The number of ketones is 1. The second-order valence-electron chi connectivity index (χ2n) is 11.8.